The van der Waals surface area contributed by atoms with Crippen molar-refractivity contribution in [3.8, 4) is 16.9 Å². The molecule has 0 aromatic heterocycles. The highest BCUT2D eigenvalue weighted by Crippen LogP contribution is 2.54. The zero-order chi connectivity index (χ0) is 36.8. The molecular weight excluding hydrogens is 677 g/mol. The van der Waals surface area contributed by atoms with Crippen LogP contribution in [0.15, 0.2) is 66.2 Å². The standard InChI is InChI=1S/C37H34F5N3O6/c1-17(46)43-32(36(49)50)20-5-10-28(38)24(15-20)19-6-12-30(51-2)26(14-19)34(47)45-33-23-9-8-22(25(23)13-18-3-4-18)31(33)35(48)44-21-7-11-29(39)27(16-21)37(40,41)42/h5-7,10-16,18,22-23,31-33H,3-4,8-9H2,1-2H3,(H,43,46)(H,44,48)(H,45,47)(H,49,50)/b25-13-/t22?,23?,31-,32?,33+/m0/s1. The summed E-state index contributed by atoms with van der Waals surface area (Å²) in [4.78, 5) is 51.4. The van der Waals surface area contributed by atoms with Gasteiger partial charge in [0.15, 0.2) is 6.04 Å². The first-order valence-electron chi connectivity index (χ1n) is 16.3. The number of benzene rings is 3. The van der Waals surface area contributed by atoms with E-state index in [0.29, 0.717) is 30.9 Å². The maximum atomic E-state index is 15.2. The topological polar surface area (TPSA) is 134 Å². The van der Waals surface area contributed by atoms with Gasteiger partial charge in [-0.05, 0) is 91.1 Å². The highest BCUT2D eigenvalue weighted by molar-refractivity contribution is 6.00. The van der Waals surface area contributed by atoms with Crippen LogP contribution in [0, 0.1) is 35.3 Å². The summed E-state index contributed by atoms with van der Waals surface area (Å²) in [5.41, 5.74) is -0.522. The van der Waals surface area contributed by atoms with Crippen LogP contribution in [0.4, 0.5) is 27.6 Å². The number of carboxylic acids is 1. The van der Waals surface area contributed by atoms with Gasteiger partial charge in [0.2, 0.25) is 11.8 Å². The fourth-order valence-corrected chi connectivity index (χ4v) is 7.32. The van der Waals surface area contributed by atoms with Gasteiger partial charge in [0.1, 0.15) is 17.4 Å². The Labute approximate surface area is 289 Å². The molecule has 0 aliphatic heterocycles. The zero-order valence-corrected chi connectivity index (χ0v) is 27.4. The third-order valence-electron chi connectivity index (χ3n) is 9.76. The van der Waals surface area contributed by atoms with Gasteiger partial charge in [-0.15, -0.1) is 0 Å². The first kappa shape index (κ1) is 35.6. The Morgan fingerprint density at radius 3 is 2.27 bits per heavy atom. The molecular formula is C37H34F5N3O6. The number of halogens is 5. The summed E-state index contributed by atoms with van der Waals surface area (Å²) in [6.45, 7) is 1.15. The summed E-state index contributed by atoms with van der Waals surface area (Å²) in [6.07, 6.45) is 0.445. The number of fused-ring (bicyclic) bond motifs is 2. The van der Waals surface area contributed by atoms with Gasteiger partial charge >= 0.3 is 12.1 Å². The Kier molecular flexibility index (Phi) is 9.62. The van der Waals surface area contributed by atoms with Crippen LogP contribution < -0.4 is 20.7 Å². The summed E-state index contributed by atoms with van der Waals surface area (Å²) >= 11 is 0. The number of alkyl halides is 3. The fraction of sp³-hybridized carbons (Fsp3) is 0.351. The van der Waals surface area contributed by atoms with Crippen molar-refractivity contribution in [1.29, 1.82) is 0 Å². The predicted molar refractivity (Wildman–Crippen MR) is 174 cm³/mol. The van der Waals surface area contributed by atoms with Gasteiger partial charge in [-0.1, -0.05) is 23.8 Å². The van der Waals surface area contributed by atoms with E-state index in [4.69, 9.17) is 4.74 Å². The fourth-order valence-electron chi connectivity index (χ4n) is 7.32. The van der Waals surface area contributed by atoms with E-state index in [-0.39, 0.29) is 45.5 Å². The molecule has 3 aromatic carbocycles. The number of hydrogen-bond acceptors (Lipinski definition) is 5. The number of allylic oxidation sites excluding steroid dienone is 1. The number of rotatable bonds is 10. The second-order valence-corrected chi connectivity index (χ2v) is 13.1. The van der Waals surface area contributed by atoms with Crippen LogP contribution in [-0.2, 0) is 20.6 Å². The van der Waals surface area contributed by atoms with E-state index in [2.05, 4.69) is 22.0 Å². The number of carbonyl (C=O) groups excluding carboxylic acids is 3. The average molecular weight is 712 g/mol. The zero-order valence-electron chi connectivity index (χ0n) is 27.4. The van der Waals surface area contributed by atoms with Crippen LogP contribution in [0.25, 0.3) is 11.1 Å². The second kappa shape index (κ2) is 13.8. The molecule has 3 aromatic rings. The minimum atomic E-state index is -4.98. The van der Waals surface area contributed by atoms with Gasteiger partial charge in [-0.25, -0.2) is 13.6 Å². The molecule has 14 heteroatoms. The quantitative estimate of drug-likeness (QED) is 0.138. The molecule has 5 atom stereocenters. The summed E-state index contributed by atoms with van der Waals surface area (Å²) in [6, 6.07) is 7.83. The summed E-state index contributed by atoms with van der Waals surface area (Å²) in [5, 5.41) is 17.5. The number of amides is 3. The van der Waals surface area contributed by atoms with Crippen molar-refractivity contribution in [3.05, 3.63) is 94.6 Å². The van der Waals surface area contributed by atoms with Crippen LogP contribution >= 0.6 is 0 Å². The third kappa shape index (κ3) is 7.31. The van der Waals surface area contributed by atoms with Crippen LogP contribution in [0.2, 0.25) is 0 Å². The van der Waals surface area contributed by atoms with Crippen LogP contribution in [0.1, 0.15) is 60.1 Å². The molecule has 3 amide bonds. The maximum absolute atomic E-state index is 15.2. The first-order chi connectivity index (χ1) is 24.2. The molecule has 3 saturated carbocycles. The Morgan fingerprint density at radius 1 is 0.922 bits per heavy atom. The Bertz CT molecular complexity index is 1940. The highest BCUT2D eigenvalue weighted by Gasteiger charge is 2.55. The monoisotopic (exact) mass is 711 g/mol. The van der Waals surface area contributed by atoms with Crippen molar-refractivity contribution < 1.29 is 51.0 Å². The normalized spacial score (nSPS) is 22.4. The molecule has 4 N–H and O–H groups in total. The molecule has 2 bridgehead atoms. The smallest absolute Gasteiger partial charge is 0.419 e. The van der Waals surface area contributed by atoms with Crippen molar-refractivity contribution in [2.45, 2.75) is 50.9 Å². The second-order valence-electron chi connectivity index (χ2n) is 13.1. The number of ether oxygens (including phenoxy) is 1. The highest BCUT2D eigenvalue weighted by atomic mass is 19.4. The molecule has 9 nitrogen and oxygen atoms in total. The van der Waals surface area contributed by atoms with Crippen LogP contribution in [0.3, 0.4) is 0 Å². The lowest BCUT2D eigenvalue weighted by Gasteiger charge is -2.30. The van der Waals surface area contributed by atoms with E-state index in [1.165, 1.54) is 37.4 Å². The molecule has 0 saturated heterocycles. The van der Waals surface area contributed by atoms with Crippen molar-refractivity contribution in [2.24, 2.45) is 23.7 Å². The average Bonchev–Trinajstić information content (AvgIpc) is 3.75. The summed E-state index contributed by atoms with van der Waals surface area (Å²) < 4.78 is 74.9. The van der Waals surface area contributed by atoms with E-state index in [1.807, 2.05) is 0 Å². The molecule has 268 valence electrons. The number of carboxylic acid groups (broad SMARTS) is 1. The van der Waals surface area contributed by atoms with Crippen LogP contribution in [0.5, 0.6) is 5.75 Å². The van der Waals surface area contributed by atoms with Gasteiger partial charge in [-0.3, -0.25) is 14.4 Å². The third-order valence-corrected chi connectivity index (χ3v) is 9.76. The number of anilines is 1. The minimum absolute atomic E-state index is 0.0144. The number of methoxy groups -OCH3 is 1. The SMILES string of the molecule is COc1ccc(-c2cc(C(NC(C)=O)C(=O)O)ccc2F)cc1C(=O)N[C@@H]1C2CCC(/C2=C/C2CC2)[C@@H]1C(=O)Nc1ccc(F)c(C(F)(F)F)c1. The van der Waals surface area contributed by atoms with Crippen molar-refractivity contribution in [1.82, 2.24) is 10.6 Å². The Hall–Kier alpha value is -5.27. The maximum Gasteiger partial charge on any atom is 0.419 e. The lowest BCUT2D eigenvalue weighted by molar-refractivity contribution is -0.141. The molecule has 3 aliphatic rings. The molecule has 6 rings (SSSR count). The lowest BCUT2D eigenvalue weighted by atomic mass is 9.83. The van der Waals surface area contributed by atoms with Gasteiger partial charge in [0.25, 0.3) is 5.91 Å². The largest absolute Gasteiger partial charge is 0.496 e. The van der Waals surface area contributed by atoms with E-state index < -0.39 is 65.1 Å². The van der Waals surface area contributed by atoms with Gasteiger partial charge in [-0.2, -0.15) is 13.2 Å². The Balaban J connectivity index is 1.32. The van der Waals surface area contributed by atoms with Gasteiger partial charge < -0.3 is 25.8 Å². The molecule has 51 heavy (non-hydrogen) atoms. The summed E-state index contributed by atoms with van der Waals surface area (Å²) in [7, 11) is 1.33. The van der Waals surface area contributed by atoms with Crippen molar-refractivity contribution >= 4 is 29.4 Å². The Morgan fingerprint density at radius 2 is 1.63 bits per heavy atom. The van der Waals surface area contributed by atoms with Gasteiger partial charge in [0, 0.05) is 30.1 Å². The summed E-state index contributed by atoms with van der Waals surface area (Å²) in [5.74, 6) is -6.34. The van der Waals surface area contributed by atoms with Crippen molar-refractivity contribution in [2.75, 3.05) is 12.4 Å². The van der Waals surface area contributed by atoms with Crippen LogP contribution in [-0.4, -0.2) is 41.9 Å². The van der Waals surface area contributed by atoms with E-state index in [0.717, 1.165) is 37.5 Å². The molecule has 3 aliphatic carbocycles. The lowest BCUT2D eigenvalue weighted by Crippen LogP contribution is -2.48. The van der Waals surface area contributed by atoms with Gasteiger partial charge in [0.05, 0.1) is 24.2 Å². The number of carbonyl (C=O) groups is 4. The first-order valence-corrected chi connectivity index (χ1v) is 16.3. The number of nitrogens with one attached hydrogen (secondary N) is 3. The molecule has 0 heterocycles. The molecule has 0 spiro atoms. The van der Waals surface area contributed by atoms with Crippen molar-refractivity contribution in [3.63, 3.8) is 0 Å². The van der Waals surface area contributed by atoms with E-state index in [1.54, 1.807) is 0 Å². The van der Waals surface area contributed by atoms with E-state index in [9.17, 15) is 41.8 Å². The number of aliphatic carboxylic acids is 1. The predicted octanol–water partition coefficient (Wildman–Crippen LogP) is 6.65. The minimum Gasteiger partial charge on any atom is -0.496 e. The molecule has 0 radical (unpaired) electrons. The molecule has 3 fully saturated rings. The number of hydrogen-bond donors (Lipinski definition) is 4. The molecule has 3 unspecified atom stereocenters. The van der Waals surface area contributed by atoms with E-state index >= 15 is 4.39 Å².